The lowest BCUT2D eigenvalue weighted by Gasteiger charge is -2.13. The molecule has 1 amide bonds. The van der Waals surface area contributed by atoms with Gasteiger partial charge in [0.1, 0.15) is 0 Å². The number of carbonyl (C=O) groups excluding carboxylic acids is 1. The van der Waals surface area contributed by atoms with Crippen molar-refractivity contribution in [2.75, 3.05) is 11.1 Å². The number of rotatable bonds is 4. The Balaban J connectivity index is 2.02. The first-order chi connectivity index (χ1) is 11.2. The third-order valence-corrected chi connectivity index (χ3v) is 4.47. The van der Waals surface area contributed by atoms with Crippen molar-refractivity contribution >= 4 is 23.4 Å². The third kappa shape index (κ3) is 4.77. The molecule has 0 aliphatic rings. The maximum absolute atomic E-state index is 12.7. The lowest BCUT2D eigenvalue weighted by atomic mass is 10.1. The number of carbonyl (C=O) groups is 1. The zero-order chi connectivity index (χ0) is 17.9. The van der Waals surface area contributed by atoms with Crippen molar-refractivity contribution in [1.82, 2.24) is 0 Å². The monoisotopic (exact) mass is 353 g/mol. The predicted molar refractivity (Wildman–Crippen MR) is 91.5 cm³/mol. The van der Waals surface area contributed by atoms with E-state index >= 15 is 0 Å². The van der Waals surface area contributed by atoms with Gasteiger partial charge in [-0.2, -0.15) is 13.2 Å². The van der Waals surface area contributed by atoms with E-state index in [1.165, 1.54) is 6.07 Å². The van der Waals surface area contributed by atoms with E-state index in [1.807, 2.05) is 32.9 Å². The summed E-state index contributed by atoms with van der Waals surface area (Å²) in [5.41, 5.74) is 3.09. The molecule has 6 heteroatoms. The molecule has 0 unspecified atom stereocenters. The summed E-state index contributed by atoms with van der Waals surface area (Å²) >= 11 is 1.08. The summed E-state index contributed by atoms with van der Waals surface area (Å²) in [6, 6.07) is 8.93. The Bertz CT molecular complexity index is 733. The minimum Gasteiger partial charge on any atom is -0.325 e. The third-order valence-electron chi connectivity index (χ3n) is 3.47. The molecule has 1 N–H and O–H groups in total. The molecule has 0 spiro atoms. The molecule has 0 aromatic heterocycles. The van der Waals surface area contributed by atoms with Crippen molar-refractivity contribution in [3.63, 3.8) is 0 Å². The van der Waals surface area contributed by atoms with E-state index < -0.39 is 11.7 Å². The molecule has 0 saturated carbocycles. The molecule has 2 rings (SSSR count). The average Bonchev–Trinajstić information content (AvgIpc) is 2.48. The first-order valence-corrected chi connectivity index (χ1v) is 8.33. The minimum atomic E-state index is -4.38. The number of hydrogen-bond donors (Lipinski definition) is 1. The van der Waals surface area contributed by atoms with Crippen LogP contribution < -0.4 is 5.32 Å². The van der Waals surface area contributed by atoms with Crippen LogP contribution >= 0.6 is 11.8 Å². The van der Waals surface area contributed by atoms with Crippen LogP contribution in [-0.2, 0) is 11.0 Å². The van der Waals surface area contributed by atoms with Gasteiger partial charge in [-0.25, -0.2) is 0 Å². The number of hydrogen-bond acceptors (Lipinski definition) is 2. The first-order valence-electron chi connectivity index (χ1n) is 7.34. The second-order valence-electron chi connectivity index (χ2n) is 5.64. The van der Waals surface area contributed by atoms with Crippen LogP contribution in [0.15, 0.2) is 41.3 Å². The molecule has 128 valence electrons. The van der Waals surface area contributed by atoms with Gasteiger partial charge in [0.15, 0.2) is 0 Å². The molecule has 0 aliphatic carbocycles. The molecule has 0 heterocycles. The SMILES string of the molecule is Cc1cc(C)c(NC(=O)CSc2cccc(C(F)(F)F)c2)c(C)c1. The van der Waals surface area contributed by atoms with Crippen molar-refractivity contribution in [2.24, 2.45) is 0 Å². The molecule has 2 nitrogen and oxygen atoms in total. The number of alkyl halides is 3. The quantitative estimate of drug-likeness (QED) is 0.750. The van der Waals surface area contributed by atoms with E-state index in [0.717, 1.165) is 46.3 Å². The van der Waals surface area contributed by atoms with Crippen LogP contribution in [0.2, 0.25) is 0 Å². The maximum Gasteiger partial charge on any atom is 0.416 e. The Hall–Kier alpha value is -1.95. The van der Waals surface area contributed by atoms with E-state index in [2.05, 4.69) is 5.32 Å². The highest BCUT2D eigenvalue weighted by Gasteiger charge is 2.30. The number of anilines is 1. The molecule has 2 aromatic carbocycles. The first kappa shape index (κ1) is 18.4. The molecule has 0 aliphatic heterocycles. The largest absolute Gasteiger partial charge is 0.416 e. The fourth-order valence-corrected chi connectivity index (χ4v) is 3.22. The topological polar surface area (TPSA) is 29.1 Å². The van der Waals surface area contributed by atoms with Crippen LogP contribution in [0, 0.1) is 20.8 Å². The molecule has 0 atom stereocenters. The van der Waals surface area contributed by atoms with Crippen LogP contribution in [0.25, 0.3) is 0 Å². The van der Waals surface area contributed by atoms with Crippen molar-refractivity contribution in [2.45, 2.75) is 31.8 Å². The Morgan fingerprint density at radius 2 is 1.71 bits per heavy atom. The van der Waals surface area contributed by atoms with Gasteiger partial charge in [0, 0.05) is 10.6 Å². The Morgan fingerprint density at radius 3 is 2.29 bits per heavy atom. The van der Waals surface area contributed by atoms with Crippen LogP contribution in [0.4, 0.5) is 18.9 Å². The average molecular weight is 353 g/mol. The highest BCUT2D eigenvalue weighted by atomic mass is 32.2. The van der Waals surface area contributed by atoms with Gasteiger partial charge in [-0.3, -0.25) is 4.79 Å². The van der Waals surface area contributed by atoms with Crippen LogP contribution in [-0.4, -0.2) is 11.7 Å². The summed E-state index contributed by atoms with van der Waals surface area (Å²) in [5.74, 6) is -0.193. The number of nitrogens with one attached hydrogen (secondary N) is 1. The molecule has 0 fully saturated rings. The molecule has 24 heavy (non-hydrogen) atoms. The van der Waals surface area contributed by atoms with Crippen molar-refractivity contribution in [3.05, 3.63) is 58.7 Å². The number of thioether (sulfide) groups is 1. The highest BCUT2D eigenvalue weighted by Crippen LogP contribution is 2.32. The number of benzene rings is 2. The summed E-state index contributed by atoms with van der Waals surface area (Å²) in [4.78, 5) is 12.5. The zero-order valence-corrected chi connectivity index (χ0v) is 14.4. The molecular weight excluding hydrogens is 335 g/mol. The second-order valence-corrected chi connectivity index (χ2v) is 6.68. The zero-order valence-electron chi connectivity index (χ0n) is 13.6. The molecule has 2 aromatic rings. The van der Waals surface area contributed by atoms with E-state index in [0.29, 0.717) is 4.90 Å². The normalized spacial score (nSPS) is 11.4. The maximum atomic E-state index is 12.7. The van der Waals surface area contributed by atoms with Gasteiger partial charge in [0.25, 0.3) is 0 Å². The molecular formula is C18H18F3NOS. The van der Waals surface area contributed by atoms with Crippen molar-refractivity contribution in [1.29, 1.82) is 0 Å². The van der Waals surface area contributed by atoms with Gasteiger partial charge < -0.3 is 5.32 Å². The Labute approximate surface area is 143 Å². The Morgan fingerprint density at radius 1 is 1.08 bits per heavy atom. The summed E-state index contributed by atoms with van der Waals surface area (Å²) in [6.07, 6.45) is -4.38. The Kier molecular flexibility index (Phi) is 5.59. The van der Waals surface area contributed by atoms with Crippen LogP contribution in [0.1, 0.15) is 22.3 Å². The molecule has 0 saturated heterocycles. The standard InChI is InChI=1S/C18H18F3NOS/c1-11-7-12(2)17(13(3)8-11)22-16(23)10-24-15-6-4-5-14(9-15)18(19,20)21/h4-9H,10H2,1-3H3,(H,22,23). The predicted octanol–water partition coefficient (Wildman–Crippen LogP) is 5.36. The van der Waals surface area contributed by atoms with Gasteiger partial charge in [0.2, 0.25) is 5.91 Å². The molecule has 0 radical (unpaired) electrons. The fraction of sp³-hybridized carbons (Fsp3) is 0.278. The van der Waals surface area contributed by atoms with Crippen molar-refractivity contribution < 1.29 is 18.0 Å². The van der Waals surface area contributed by atoms with Crippen LogP contribution in [0.5, 0.6) is 0 Å². The van der Waals surface area contributed by atoms with Crippen molar-refractivity contribution in [3.8, 4) is 0 Å². The number of amides is 1. The van der Waals surface area contributed by atoms with Gasteiger partial charge in [-0.15, -0.1) is 11.8 Å². The van der Waals surface area contributed by atoms with E-state index in [1.54, 1.807) is 6.07 Å². The number of halogens is 3. The van der Waals surface area contributed by atoms with Gasteiger partial charge in [-0.1, -0.05) is 23.8 Å². The smallest absolute Gasteiger partial charge is 0.325 e. The highest BCUT2D eigenvalue weighted by molar-refractivity contribution is 8.00. The van der Waals surface area contributed by atoms with Gasteiger partial charge in [-0.05, 0) is 50.1 Å². The fourth-order valence-electron chi connectivity index (χ4n) is 2.46. The van der Waals surface area contributed by atoms with E-state index in [4.69, 9.17) is 0 Å². The minimum absolute atomic E-state index is 0.0497. The lowest BCUT2D eigenvalue weighted by Crippen LogP contribution is -2.16. The summed E-state index contributed by atoms with van der Waals surface area (Å²) < 4.78 is 38.1. The molecule has 0 bridgehead atoms. The van der Waals surface area contributed by atoms with E-state index in [-0.39, 0.29) is 11.7 Å². The summed E-state index contributed by atoms with van der Waals surface area (Å²) in [6.45, 7) is 5.81. The van der Waals surface area contributed by atoms with Gasteiger partial charge in [0.05, 0.1) is 11.3 Å². The van der Waals surface area contributed by atoms with Crippen LogP contribution in [0.3, 0.4) is 0 Å². The number of aryl methyl sites for hydroxylation is 3. The van der Waals surface area contributed by atoms with E-state index in [9.17, 15) is 18.0 Å². The lowest BCUT2D eigenvalue weighted by molar-refractivity contribution is -0.137. The second kappa shape index (κ2) is 7.30. The summed E-state index contributed by atoms with van der Waals surface area (Å²) in [7, 11) is 0. The van der Waals surface area contributed by atoms with Gasteiger partial charge >= 0.3 is 6.18 Å². The summed E-state index contributed by atoms with van der Waals surface area (Å²) in [5, 5.41) is 2.84.